The molecule has 1 heterocycles. The maximum atomic E-state index is 12.0. The number of hydrogen-bond acceptors (Lipinski definition) is 3. The topological polar surface area (TPSA) is 52.6 Å². The van der Waals surface area contributed by atoms with Crippen molar-refractivity contribution in [2.45, 2.75) is 44.8 Å². The van der Waals surface area contributed by atoms with Gasteiger partial charge in [0.25, 0.3) is 0 Å². The molecule has 1 aliphatic heterocycles. The summed E-state index contributed by atoms with van der Waals surface area (Å²) in [5.74, 6) is 0.0855. The number of hydrogen-bond donors (Lipinski definition) is 2. The van der Waals surface area contributed by atoms with Gasteiger partial charge in [-0.05, 0) is 43.4 Å². The summed E-state index contributed by atoms with van der Waals surface area (Å²) in [6.07, 6.45) is 3.43. The molecule has 1 aromatic rings. The van der Waals surface area contributed by atoms with Gasteiger partial charge in [0.15, 0.2) is 0 Å². The van der Waals surface area contributed by atoms with E-state index in [1.165, 1.54) is 0 Å². The van der Waals surface area contributed by atoms with Gasteiger partial charge in [0.2, 0.25) is 5.91 Å². The average molecular weight is 276 g/mol. The maximum Gasteiger partial charge on any atom is 0.242 e. The fourth-order valence-corrected chi connectivity index (χ4v) is 2.80. The monoisotopic (exact) mass is 276 g/mol. The first-order valence-electron chi connectivity index (χ1n) is 7.43. The number of benzene rings is 1. The molecule has 1 aliphatic rings. The van der Waals surface area contributed by atoms with Crippen molar-refractivity contribution in [1.82, 2.24) is 5.32 Å². The number of likely N-dealkylation sites (N-methyl/N-ethyl adjacent to an activating group) is 1. The zero-order chi connectivity index (χ0) is 14.5. The van der Waals surface area contributed by atoms with Crippen molar-refractivity contribution in [3.63, 3.8) is 0 Å². The fourth-order valence-electron chi connectivity index (χ4n) is 2.80. The van der Waals surface area contributed by atoms with Gasteiger partial charge in [-0.2, -0.15) is 0 Å². The number of amides is 1. The van der Waals surface area contributed by atoms with Gasteiger partial charge in [0.1, 0.15) is 6.04 Å². The van der Waals surface area contributed by atoms with Crippen LogP contribution in [0.3, 0.4) is 0 Å². The van der Waals surface area contributed by atoms with Gasteiger partial charge in [0.05, 0.1) is 6.10 Å². The van der Waals surface area contributed by atoms with Gasteiger partial charge < -0.3 is 15.3 Å². The minimum atomic E-state index is -0.403. The first-order valence-corrected chi connectivity index (χ1v) is 7.43. The van der Waals surface area contributed by atoms with Crippen LogP contribution in [0.2, 0.25) is 0 Å². The molecular formula is C16H24N2O2. The van der Waals surface area contributed by atoms with E-state index >= 15 is 0 Å². The number of nitrogens with one attached hydrogen (secondary N) is 1. The van der Waals surface area contributed by atoms with Gasteiger partial charge in [-0.25, -0.2) is 0 Å². The van der Waals surface area contributed by atoms with Crippen LogP contribution >= 0.6 is 0 Å². The van der Waals surface area contributed by atoms with E-state index in [1.54, 1.807) is 7.05 Å². The minimum Gasteiger partial charge on any atom is -0.388 e. The molecule has 0 saturated carbocycles. The summed E-state index contributed by atoms with van der Waals surface area (Å²) in [6, 6.07) is 7.86. The summed E-state index contributed by atoms with van der Waals surface area (Å²) in [5.41, 5.74) is 2.00. The van der Waals surface area contributed by atoms with Crippen LogP contribution in [0, 0.1) is 0 Å². The van der Waals surface area contributed by atoms with Crippen LogP contribution < -0.4 is 10.2 Å². The number of rotatable bonds is 4. The van der Waals surface area contributed by atoms with E-state index in [4.69, 9.17) is 0 Å². The second-order valence-corrected chi connectivity index (χ2v) is 5.33. The van der Waals surface area contributed by atoms with Crippen molar-refractivity contribution >= 4 is 11.6 Å². The molecule has 2 atom stereocenters. The van der Waals surface area contributed by atoms with Gasteiger partial charge in [-0.1, -0.05) is 19.1 Å². The highest BCUT2D eigenvalue weighted by atomic mass is 16.3. The summed E-state index contributed by atoms with van der Waals surface area (Å²) in [6.45, 7) is 2.87. The second kappa shape index (κ2) is 6.75. The van der Waals surface area contributed by atoms with Gasteiger partial charge in [-0.3, -0.25) is 4.79 Å². The maximum absolute atomic E-state index is 12.0. The number of nitrogens with zero attached hydrogens (tertiary/aromatic N) is 1. The first kappa shape index (κ1) is 14.9. The highest BCUT2D eigenvalue weighted by molar-refractivity contribution is 5.85. The molecule has 0 aliphatic carbocycles. The molecule has 110 valence electrons. The van der Waals surface area contributed by atoms with Crippen molar-refractivity contribution < 1.29 is 9.90 Å². The van der Waals surface area contributed by atoms with Crippen LogP contribution in [0.15, 0.2) is 24.3 Å². The first-order chi connectivity index (χ1) is 9.67. The van der Waals surface area contributed by atoms with Crippen molar-refractivity contribution in [2.75, 3.05) is 18.5 Å². The van der Waals surface area contributed by atoms with Crippen LogP contribution in [0.5, 0.6) is 0 Å². The molecule has 0 aromatic heterocycles. The molecule has 4 heteroatoms. The lowest BCUT2D eigenvalue weighted by Crippen LogP contribution is -2.48. The van der Waals surface area contributed by atoms with E-state index in [-0.39, 0.29) is 11.9 Å². The summed E-state index contributed by atoms with van der Waals surface area (Å²) in [4.78, 5) is 14.2. The molecule has 2 rings (SSSR count). The van der Waals surface area contributed by atoms with Crippen LogP contribution in [0.4, 0.5) is 5.69 Å². The van der Waals surface area contributed by atoms with Crippen LogP contribution in [-0.4, -0.2) is 30.6 Å². The molecule has 1 amide bonds. The summed E-state index contributed by atoms with van der Waals surface area (Å²) < 4.78 is 0. The van der Waals surface area contributed by atoms with E-state index in [0.29, 0.717) is 6.42 Å². The molecule has 2 N–H and O–H groups in total. The SMILES string of the molecule is CCC(O)c1ccc(N2CCCCC2C(=O)NC)cc1. The molecule has 2 unspecified atom stereocenters. The lowest BCUT2D eigenvalue weighted by molar-refractivity contribution is -0.122. The van der Waals surface area contributed by atoms with Crippen LogP contribution in [0.1, 0.15) is 44.3 Å². The third kappa shape index (κ3) is 3.12. The highest BCUT2D eigenvalue weighted by Gasteiger charge is 2.28. The molecule has 1 aromatic carbocycles. The molecule has 1 fully saturated rings. The number of anilines is 1. The Balaban J connectivity index is 2.17. The third-order valence-corrected chi connectivity index (χ3v) is 4.05. The van der Waals surface area contributed by atoms with Crippen LogP contribution in [0.25, 0.3) is 0 Å². The van der Waals surface area contributed by atoms with E-state index in [1.807, 2.05) is 31.2 Å². The largest absolute Gasteiger partial charge is 0.388 e. The lowest BCUT2D eigenvalue weighted by atomic mass is 9.99. The number of carbonyl (C=O) groups excluding carboxylic acids is 1. The predicted molar refractivity (Wildman–Crippen MR) is 80.7 cm³/mol. The normalized spacial score (nSPS) is 20.6. The average Bonchev–Trinajstić information content (AvgIpc) is 2.53. The number of aliphatic hydroxyl groups excluding tert-OH is 1. The van der Waals surface area contributed by atoms with E-state index in [2.05, 4.69) is 10.2 Å². The molecule has 1 saturated heterocycles. The lowest BCUT2D eigenvalue weighted by Gasteiger charge is -2.36. The quantitative estimate of drug-likeness (QED) is 0.886. The highest BCUT2D eigenvalue weighted by Crippen LogP contribution is 2.27. The minimum absolute atomic E-state index is 0.0734. The van der Waals surface area contributed by atoms with Gasteiger partial charge in [-0.15, -0.1) is 0 Å². The Morgan fingerprint density at radius 2 is 2.10 bits per heavy atom. The van der Waals surface area contributed by atoms with Gasteiger partial charge in [0, 0.05) is 19.3 Å². The zero-order valence-electron chi connectivity index (χ0n) is 12.3. The number of carbonyl (C=O) groups is 1. The Labute approximate surface area is 120 Å². The molecule has 20 heavy (non-hydrogen) atoms. The Bertz CT molecular complexity index is 444. The van der Waals surface area contributed by atoms with Crippen molar-refractivity contribution in [1.29, 1.82) is 0 Å². The molecule has 4 nitrogen and oxygen atoms in total. The van der Waals surface area contributed by atoms with E-state index < -0.39 is 6.10 Å². The van der Waals surface area contributed by atoms with Crippen molar-refractivity contribution in [3.8, 4) is 0 Å². The summed E-state index contributed by atoms with van der Waals surface area (Å²) >= 11 is 0. The van der Waals surface area contributed by atoms with Crippen molar-refractivity contribution in [3.05, 3.63) is 29.8 Å². The smallest absolute Gasteiger partial charge is 0.242 e. The predicted octanol–water partition coefficient (Wildman–Crippen LogP) is 2.23. The zero-order valence-corrected chi connectivity index (χ0v) is 12.3. The summed E-state index contributed by atoms with van der Waals surface area (Å²) in [5, 5.41) is 12.6. The molecular weight excluding hydrogens is 252 g/mol. The molecule has 0 spiro atoms. The number of aliphatic hydroxyl groups is 1. The van der Waals surface area contributed by atoms with Crippen molar-refractivity contribution in [2.24, 2.45) is 0 Å². The Kier molecular flexibility index (Phi) is 5.01. The molecule has 0 radical (unpaired) electrons. The van der Waals surface area contributed by atoms with Gasteiger partial charge >= 0.3 is 0 Å². The van der Waals surface area contributed by atoms with E-state index in [0.717, 1.165) is 37.1 Å². The third-order valence-electron chi connectivity index (χ3n) is 4.05. The number of piperidine rings is 1. The standard InChI is InChI=1S/C16H24N2O2/c1-3-15(19)12-7-9-13(10-8-12)18-11-5-4-6-14(18)16(20)17-2/h7-10,14-15,19H,3-6,11H2,1-2H3,(H,17,20). The Hall–Kier alpha value is -1.55. The Morgan fingerprint density at radius 3 is 2.70 bits per heavy atom. The Morgan fingerprint density at radius 1 is 1.40 bits per heavy atom. The fraction of sp³-hybridized carbons (Fsp3) is 0.562. The van der Waals surface area contributed by atoms with E-state index in [9.17, 15) is 9.90 Å². The second-order valence-electron chi connectivity index (χ2n) is 5.33. The summed E-state index contributed by atoms with van der Waals surface area (Å²) in [7, 11) is 1.69. The van der Waals surface area contributed by atoms with Crippen LogP contribution in [-0.2, 0) is 4.79 Å². The molecule has 0 bridgehead atoms.